The normalized spacial score (nSPS) is 10.4. The Bertz CT molecular complexity index is 665. The van der Waals surface area contributed by atoms with Crippen LogP contribution in [0.3, 0.4) is 0 Å². The molecule has 0 aliphatic carbocycles. The molecule has 2 rings (SSSR count). The van der Waals surface area contributed by atoms with E-state index in [-0.39, 0.29) is 24.9 Å². The molecule has 0 atom stereocenters. The molecule has 1 amide bonds. The van der Waals surface area contributed by atoms with Crippen molar-refractivity contribution < 1.29 is 14.3 Å². The molecule has 0 aliphatic rings. The van der Waals surface area contributed by atoms with Gasteiger partial charge in [-0.2, -0.15) is 0 Å². The second-order valence-corrected chi connectivity index (χ2v) is 5.32. The van der Waals surface area contributed by atoms with Gasteiger partial charge < -0.3 is 15.7 Å². The molecule has 0 fully saturated rings. The van der Waals surface area contributed by atoms with Gasteiger partial charge in [-0.05, 0) is 35.7 Å². The maximum atomic E-state index is 12.8. The van der Waals surface area contributed by atoms with Crippen molar-refractivity contribution in [2.24, 2.45) is 0 Å². The van der Waals surface area contributed by atoms with Gasteiger partial charge in [-0.15, -0.1) is 0 Å². The number of hydrogen-bond donors (Lipinski definition) is 3. The highest BCUT2D eigenvalue weighted by Crippen LogP contribution is 2.19. The number of halogens is 2. The van der Waals surface area contributed by atoms with Crippen molar-refractivity contribution >= 4 is 23.3 Å². The maximum absolute atomic E-state index is 12.8. The molecule has 0 saturated carbocycles. The number of aliphatic hydroxyl groups excluding tert-OH is 1. The van der Waals surface area contributed by atoms with Crippen LogP contribution in [0.5, 0.6) is 0 Å². The number of carbonyl (C=O) groups excluding carboxylic acids is 1. The third kappa shape index (κ3) is 5.50. The molecule has 0 bridgehead atoms. The molecule has 7 heteroatoms. The number of hydrogen-bond acceptors (Lipinski definition) is 4. The Morgan fingerprint density at radius 3 is 2.65 bits per heavy atom. The number of amides is 1. The SMILES string of the molecule is O=C(CNc1ncc(CO)cc1Cl)NCCc1ccc(F)cc1. The van der Waals surface area contributed by atoms with Crippen LogP contribution in [-0.2, 0) is 17.8 Å². The van der Waals surface area contributed by atoms with Gasteiger partial charge in [-0.25, -0.2) is 9.37 Å². The Labute approximate surface area is 138 Å². The summed E-state index contributed by atoms with van der Waals surface area (Å²) in [4.78, 5) is 15.8. The van der Waals surface area contributed by atoms with Crippen LogP contribution in [0.2, 0.25) is 5.02 Å². The summed E-state index contributed by atoms with van der Waals surface area (Å²) in [6.07, 6.45) is 2.11. The maximum Gasteiger partial charge on any atom is 0.239 e. The molecule has 0 saturated heterocycles. The van der Waals surface area contributed by atoms with Gasteiger partial charge in [-0.3, -0.25) is 4.79 Å². The zero-order valence-corrected chi connectivity index (χ0v) is 13.1. The molecule has 2 aromatic rings. The van der Waals surface area contributed by atoms with Gasteiger partial charge >= 0.3 is 0 Å². The summed E-state index contributed by atoms with van der Waals surface area (Å²) >= 11 is 5.99. The van der Waals surface area contributed by atoms with E-state index < -0.39 is 0 Å². The number of nitrogens with zero attached hydrogens (tertiary/aromatic N) is 1. The van der Waals surface area contributed by atoms with E-state index in [4.69, 9.17) is 16.7 Å². The lowest BCUT2D eigenvalue weighted by molar-refractivity contribution is -0.119. The lowest BCUT2D eigenvalue weighted by Gasteiger charge is -2.09. The number of anilines is 1. The van der Waals surface area contributed by atoms with E-state index in [0.717, 1.165) is 5.56 Å². The molecule has 0 spiro atoms. The van der Waals surface area contributed by atoms with Gasteiger partial charge in [-0.1, -0.05) is 23.7 Å². The van der Waals surface area contributed by atoms with Crippen LogP contribution in [0, 0.1) is 5.82 Å². The first-order chi connectivity index (χ1) is 11.1. The predicted octanol–water partition coefficient (Wildman–Crippen LogP) is 2.14. The third-order valence-electron chi connectivity index (χ3n) is 3.15. The Morgan fingerprint density at radius 1 is 1.26 bits per heavy atom. The highest BCUT2D eigenvalue weighted by atomic mass is 35.5. The Kier molecular flexibility index (Phi) is 6.31. The second-order valence-electron chi connectivity index (χ2n) is 4.91. The summed E-state index contributed by atoms with van der Waals surface area (Å²) in [6, 6.07) is 7.74. The Hall–Kier alpha value is -2.18. The first-order valence-electron chi connectivity index (χ1n) is 7.09. The van der Waals surface area contributed by atoms with Crippen LogP contribution in [0.15, 0.2) is 36.5 Å². The van der Waals surface area contributed by atoms with Crippen molar-refractivity contribution in [2.45, 2.75) is 13.0 Å². The molecule has 3 N–H and O–H groups in total. The third-order valence-corrected chi connectivity index (χ3v) is 3.43. The summed E-state index contributed by atoms with van der Waals surface area (Å²) in [5, 5.41) is 14.9. The van der Waals surface area contributed by atoms with Crippen molar-refractivity contribution in [2.75, 3.05) is 18.4 Å². The fourth-order valence-corrected chi connectivity index (χ4v) is 2.17. The van der Waals surface area contributed by atoms with Gasteiger partial charge in [0.25, 0.3) is 0 Å². The fraction of sp³-hybridized carbons (Fsp3) is 0.250. The summed E-state index contributed by atoms with van der Waals surface area (Å²) in [7, 11) is 0. The molecule has 0 aliphatic heterocycles. The Morgan fingerprint density at radius 2 is 2.00 bits per heavy atom. The number of rotatable bonds is 7. The standard InChI is InChI=1S/C16H17ClFN3O2/c17-14-7-12(10-22)8-20-16(14)21-9-15(23)19-6-5-11-1-3-13(18)4-2-11/h1-4,7-8,22H,5-6,9-10H2,(H,19,23)(H,20,21). The largest absolute Gasteiger partial charge is 0.392 e. The molecule has 0 radical (unpaired) electrons. The van der Waals surface area contributed by atoms with Gasteiger partial charge in [0.15, 0.2) is 0 Å². The number of carbonyl (C=O) groups is 1. The molecule has 5 nitrogen and oxygen atoms in total. The van der Waals surface area contributed by atoms with Crippen LogP contribution >= 0.6 is 11.6 Å². The summed E-state index contributed by atoms with van der Waals surface area (Å²) < 4.78 is 12.8. The highest BCUT2D eigenvalue weighted by Gasteiger charge is 2.06. The molecular weight excluding hydrogens is 321 g/mol. The molecule has 0 unspecified atom stereocenters. The molecule has 1 aromatic heterocycles. The molecule has 1 heterocycles. The van der Waals surface area contributed by atoms with Crippen LogP contribution in [0.4, 0.5) is 10.2 Å². The van der Waals surface area contributed by atoms with E-state index in [0.29, 0.717) is 29.4 Å². The number of benzene rings is 1. The average Bonchev–Trinajstić information content (AvgIpc) is 2.55. The first kappa shape index (κ1) is 17.2. The van der Waals surface area contributed by atoms with Crippen LogP contribution < -0.4 is 10.6 Å². The van der Waals surface area contributed by atoms with E-state index in [1.54, 1.807) is 18.2 Å². The van der Waals surface area contributed by atoms with E-state index in [9.17, 15) is 9.18 Å². The van der Waals surface area contributed by atoms with Crippen molar-refractivity contribution in [3.8, 4) is 0 Å². The van der Waals surface area contributed by atoms with Gasteiger partial charge in [0.05, 0.1) is 18.2 Å². The quantitative estimate of drug-likeness (QED) is 0.723. The first-order valence-corrected chi connectivity index (χ1v) is 7.46. The minimum atomic E-state index is -0.279. The summed E-state index contributed by atoms with van der Waals surface area (Å²) in [6.45, 7) is 0.349. The fourth-order valence-electron chi connectivity index (χ4n) is 1.92. The number of aromatic nitrogens is 1. The molecule has 1 aromatic carbocycles. The van der Waals surface area contributed by atoms with E-state index >= 15 is 0 Å². The lowest BCUT2D eigenvalue weighted by atomic mass is 10.1. The highest BCUT2D eigenvalue weighted by molar-refractivity contribution is 6.33. The van der Waals surface area contributed by atoms with Crippen molar-refractivity contribution in [3.63, 3.8) is 0 Å². The average molecular weight is 338 g/mol. The van der Waals surface area contributed by atoms with E-state index in [1.807, 2.05) is 0 Å². The monoisotopic (exact) mass is 337 g/mol. The number of nitrogens with one attached hydrogen (secondary N) is 2. The Balaban J connectivity index is 1.73. The minimum absolute atomic E-state index is 0.0363. The zero-order chi connectivity index (χ0) is 16.7. The van der Waals surface area contributed by atoms with Crippen LogP contribution in [-0.4, -0.2) is 29.1 Å². The summed E-state index contributed by atoms with van der Waals surface area (Å²) in [5.41, 5.74) is 1.55. The zero-order valence-electron chi connectivity index (χ0n) is 12.4. The molecule has 122 valence electrons. The van der Waals surface area contributed by atoms with E-state index in [2.05, 4.69) is 15.6 Å². The lowest BCUT2D eigenvalue weighted by Crippen LogP contribution is -2.31. The van der Waals surface area contributed by atoms with Crippen molar-refractivity contribution in [1.29, 1.82) is 0 Å². The second kappa shape index (κ2) is 8.45. The number of aliphatic hydroxyl groups is 1. The van der Waals surface area contributed by atoms with Gasteiger partial charge in [0.1, 0.15) is 11.6 Å². The number of pyridine rings is 1. The summed E-state index contributed by atoms with van der Waals surface area (Å²) in [5.74, 6) is -0.0904. The van der Waals surface area contributed by atoms with Gasteiger partial charge in [0, 0.05) is 12.7 Å². The smallest absolute Gasteiger partial charge is 0.239 e. The van der Waals surface area contributed by atoms with Crippen molar-refractivity contribution in [3.05, 3.63) is 58.5 Å². The van der Waals surface area contributed by atoms with Crippen LogP contribution in [0.25, 0.3) is 0 Å². The predicted molar refractivity (Wildman–Crippen MR) is 86.8 cm³/mol. The minimum Gasteiger partial charge on any atom is -0.392 e. The topological polar surface area (TPSA) is 74.2 Å². The van der Waals surface area contributed by atoms with Gasteiger partial charge in [0.2, 0.25) is 5.91 Å². The van der Waals surface area contributed by atoms with Crippen LogP contribution in [0.1, 0.15) is 11.1 Å². The molecule has 23 heavy (non-hydrogen) atoms. The molecular formula is C16H17ClFN3O2. The van der Waals surface area contributed by atoms with E-state index in [1.165, 1.54) is 18.3 Å². The van der Waals surface area contributed by atoms with Crippen molar-refractivity contribution in [1.82, 2.24) is 10.3 Å².